The number of nitrogens with zero attached hydrogens (tertiary/aromatic N) is 1. The van der Waals surface area contributed by atoms with Gasteiger partial charge in [0.05, 0.1) is 17.3 Å². The highest BCUT2D eigenvalue weighted by molar-refractivity contribution is 9.10. The molecule has 0 unspecified atom stereocenters. The Morgan fingerprint density at radius 1 is 0.974 bits per heavy atom. The van der Waals surface area contributed by atoms with Crippen LogP contribution in [0.15, 0.2) is 64.2 Å². The number of benzene rings is 3. The third-order valence-electron chi connectivity index (χ3n) is 5.09. The van der Waals surface area contributed by atoms with Crippen molar-refractivity contribution in [1.29, 1.82) is 0 Å². The zero-order valence-electron chi connectivity index (χ0n) is 20.9. The van der Waals surface area contributed by atoms with Crippen LogP contribution in [0.2, 0.25) is 5.02 Å². The van der Waals surface area contributed by atoms with Crippen LogP contribution in [0.5, 0.6) is 11.5 Å². The molecule has 0 saturated carbocycles. The van der Waals surface area contributed by atoms with Gasteiger partial charge in [-0.1, -0.05) is 35.9 Å². The molecule has 0 aromatic heterocycles. The number of para-hydroxylation sites is 1. The molecule has 0 fully saturated rings. The second-order valence-corrected chi connectivity index (χ2v) is 9.32. The van der Waals surface area contributed by atoms with Crippen molar-refractivity contribution in [3.63, 3.8) is 0 Å². The first kappa shape index (κ1) is 28.7. The van der Waals surface area contributed by atoms with E-state index in [9.17, 15) is 14.4 Å². The number of anilines is 2. The molecule has 0 aliphatic carbocycles. The number of carbonyl (C=O) groups is 3. The number of aryl methyl sites for hydroxylation is 2. The highest BCUT2D eigenvalue weighted by Gasteiger charge is 2.16. The van der Waals surface area contributed by atoms with Crippen molar-refractivity contribution in [2.45, 2.75) is 20.8 Å². The topological polar surface area (TPSA) is 118 Å². The van der Waals surface area contributed by atoms with Crippen LogP contribution in [0.25, 0.3) is 0 Å². The predicted molar refractivity (Wildman–Crippen MR) is 151 cm³/mol. The van der Waals surface area contributed by atoms with Crippen molar-refractivity contribution < 1.29 is 23.9 Å². The van der Waals surface area contributed by atoms with E-state index in [1.54, 1.807) is 43.3 Å². The fourth-order valence-electron chi connectivity index (χ4n) is 3.36. The van der Waals surface area contributed by atoms with E-state index in [1.165, 1.54) is 6.21 Å². The Balaban J connectivity index is 1.63. The summed E-state index contributed by atoms with van der Waals surface area (Å²) in [6.45, 7) is 5.55. The summed E-state index contributed by atoms with van der Waals surface area (Å²) in [4.78, 5) is 36.8. The van der Waals surface area contributed by atoms with Crippen LogP contribution in [-0.4, -0.2) is 37.1 Å². The third-order valence-corrected chi connectivity index (χ3v) is 5.92. The molecule has 9 nitrogen and oxygen atoms in total. The molecule has 38 heavy (non-hydrogen) atoms. The van der Waals surface area contributed by atoms with Crippen LogP contribution >= 0.6 is 27.5 Å². The smallest absolute Gasteiger partial charge is 0.329 e. The summed E-state index contributed by atoms with van der Waals surface area (Å²) in [5, 5.41) is 9.68. The van der Waals surface area contributed by atoms with Gasteiger partial charge in [0.2, 0.25) is 0 Å². The highest BCUT2D eigenvalue weighted by Crippen LogP contribution is 2.36. The standard InChI is InChI=1S/C27H26BrClN4O5/c1-4-37-22-12-18(14-30-33-27(36)26(35)32-24-16(2)7-5-8-17(24)3)11-21(28)25(22)38-15-23(34)31-20-10-6-9-19(29)13-20/h5-14H,4,15H2,1-3H3,(H,31,34)(H,32,35)(H,33,36)/b30-14-. The third kappa shape index (κ3) is 8.06. The van der Waals surface area contributed by atoms with Gasteiger partial charge in [-0.05, 0) is 83.7 Å². The summed E-state index contributed by atoms with van der Waals surface area (Å²) in [7, 11) is 0. The molecule has 0 bridgehead atoms. The van der Waals surface area contributed by atoms with Crippen LogP contribution < -0.4 is 25.5 Å². The predicted octanol–water partition coefficient (Wildman–Crippen LogP) is 5.22. The Morgan fingerprint density at radius 3 is 2.37 bits per heavy atom. The Hall–Kier alpha value is -3.89. The quantitative estimate of drug-likeness (QED) is 0.177. The summed E-state index contributed by atoms with van der Waals surface area (Å²) in [5.74, 6) is -1.46. The number of hydrogen-bond donors (Lipinski definition) is 3. The highest BCUT2D eigenvalue weighted by atomic mass is 79.9. The molecule has 0 saturated heterocycles. The number of hydrazone groups is 1. The lowest BCUT2D eigenvalue weighted by Crippen LogP contribution is -2.32. The van der Waals surface area contributed by atoms with Gasteiger partial charge in [0, 0.05) is 16.4 Å². The number of ether oxygens (including phenoxy) is 2. The van der Waals surface area contributed by atoms with E-state index in [1.807, 2.05) is 32.0 Å². The van der Waals surface area contributed by atoms with E-state index in [4.69, 9.17) is 21.1 Å². The van der Waals surface area contributed by atoms with Gasteiger partial charge in [-0.25, -0.2) is 5.43 Å². The molecular formula is C27H26BrClN4O5. The molecule has 3 rings (SSSR count). The molecule has 0 aliphatic heterocycles. The molecule has 0 spiro atoms. The van der Waals surface area contributed by atoms with Crippen molar-refractivity contribution >= 4 is 62.8 Å². The van der Waals surface area contributed by atoms with E-state index in [0.717, 1.165) is 11.1 Å². The summed E-state index contributed by atoms with van der Waals surface area (Å²) >= 11 is 9.37. The summed E-state index contributed by atoms with van der Waals surface area (Å²) in [6.07, 6.45) is 1.35. The maximum absolute atomic E-state index is 12.3. The lowest BCUT2D eigenvalue weighted by Gasteiger charge is -2.14. The average molecular weight is 602 g/mol. The molecule has 11 heteroatoms. The number of nitrogens with one attached hydrogen (secondary N) is 3. The molecule has 3 N–H and O–H groups in total. The van der Waals surface area contributed by atoms with E-state index < -0.39 is 11.8 Å². The number of hydrogen-bond acceptors (Lipinski definition) is 6. The van der Waals surface area contributed by atoms with Gasteiger partial charge in [-0.15, -0.1) is 0 Å². The van der Waals surface area contributed by atoms with Crippen molar-refractivity contribution in [3.8, 4) is 11.5 Å². The lowest BCUT2D eigenvalue weighted by molar-refractivity contribution is -0.136. The van der Waals surface area contributed by atoms with Gasteiger partial charge in [0.1, 0.15) is 0 Å². The maximum Gasteiger partial charge on any atom is 0.329 e. The Labute approximate surface area is 233 Å². The fraction of sp³-hybridized carbons (Fsp3) is 0.185. The Bertz CT molecular complexity index is 1360. The number of amides is 3. The van der Waals surface area contributed by atoms with Gasteiger partial charge in [-0.2, -0.15) is 5.10 Å². The minimum atomic E-state index is -0.918. The zero-order valence-corrected chi connectivity index (χ0v) is 23.3. The monoisotopic (exact) mass is 600 g/mol. The van der Waals surface area contributed by atoms with Gasteiger partial charge in [-0.3, -0.25) is 14.4 Å². The maximum atomic E-state index is 12.3. The van der Waals surface area contributed by atoms with Gasteiger partial charge in [0.15, 0.2) is 18.1 Å². The van der Waals surface area contributed by atoms with Gasteiger partial charge >= 0.3 is 11.8 Å². The van der Waals surface area contributed by atoms with Crippen LogP contribution in [0, 0.1) is 13.8 Å². The first-order valence-corrected chi connectivity index (χ1v) is 12.7. The number of carbonyl (C=O) groups excluding carboxylic acids is 3. The summed E-state index contributed by atoms with van der Waals surface area (Å²) < 4.78 is 11.9. The average Bonchev–Trinajstić information content (AvgIpc) is 2.86. The van der Waals surface area contributed by atoms with E-state index in [2.05, 4.69) is 37.1 Å². The number of halogens is 2. The Kier molecular flexibility index (Phi) is 10.3. The van der Waals surface area contributed by atoms with Gasteiger partial charge < -0.3 is 20.1 Å². The molecule has 198 valence electrons. The van der Waals surface area contributed by atoms with Crippen molar-refractivity contribution in [2.75, 3.05) is 23.8 Å². The van der Waals surface area contributed by atoms with E-state index in [-0.39, 0.29) is 12.5 Å². The van der Waals surface area contributed by atoms with Gasteiger partial charge in [0.25, 0.3) is 5.91 Å². The summed E-state index contributed by atoms with van der Waals surface area (Å²) in [6, 6.07) is 15.6. The molecule has 3 aromatic carbocycles. The molecule has 0 aliphatic rings. The molecule has 0 heterocycles. The second-order valence-electron chi connectivity index (χ2n) is 8.03. The Morgan fingerprint density at radius 2 is 1.68 bits per heavy atom. The van der Waals surface area contributed by atoms with Crippen LogP contribution in [-0.2, 0) is 14.4 Å². The SMILES string of the molecule is CCOc1cc(/C=N\NC(=O)C(=O)Nc2c(C)cccc2C)cc(Br)c1OCC(=O)Nc1cccc(Cl)c1. The molecule has 0 atom stereocenters. The molecular weight excluding hydrogens is 576 g/mol. The molecule has 0 radical (unpaired) electrons. The first-order valence-electron chi connectivity index (χ1n) is 11.5. The largest absolute Gasteiger partial charge is 0.490 e. The minimum Gasteiger partial charge on any atom is -0.490 e. The van der Waals surface area contributed by atoms with E-state index >= 15 is 0 Å². The van der Waals surface area contributed by atoms with Crippen LogP contribution in [0.4, 0.5) is 11.4 Å². The zero-order chi connectivity index (χ0) is 27.7. The lowest BCUT2D eigenvalue weighted by atomic mass is 10.1. The fourth-order valence-corrected chi connectivity index (χ4v) is 4.13. The van der Waals surface area contributed by atoms with Crippen molar-refractivity contribution in [2.24, 2.45) is 5.10 Å². The number of rotatable bonds is 9. The van der Waals surface area contributed by atoms with Crippen LogP contribution in [0.3, 0.4) is 0 Å². The minimum absolute atomic E-state index is 0.274. The first-order chi connectivity index (χ1) is 18.2. The normalized spacial score (nSPS) is 10.7. The molecule has 3 aromatic rings. The van der Waals surface area contributed by atoms with Crippen LogP contribution in [0.1, 0.15) is 23.6 Å². The van der Waals surface area contributed by atoms with Crippen molar-refractivity contribution in [3.05, 3.63) is 80.8 Å². The van der Waals surface area contributed by atoms with Crippen molar-refractivity contribution in [1.82, 2.24) is 5.43 Å². The second kappa shape index (κ2) is 13.6. The van der Waals surface area contributed by atoms with E-state index in [0.29, 0.717) is 44.5 Å². The molecule has 3 amide bonds. The summed E-state index contributed by atoms with van der Waals surface area (Å²) in [5.41, 5.74) is 5.57.